The number of aliphatic hydroxyl groups is 1. The van der Waals surface area contributed by atoms with E-state index in [0.29, 0.717) is 16.8 Å². The Balaban J connectivity index is 1.86. The van der Waals surface area contributed by atoms with Crippen molar-refractivity contribution in [1.82, 2.24) is 4.98 Å². The van der Waals surface area contributed by atoms with Crippen molar-refractivity contribution in [3.8, 4) is 0 Å². The Bertz CT molecular complexity index is 817. The van der Waals surface area contributed by atoms with Gasteiger partial charge in [-0.2, -0.15) is 0 Å². The topological polar surface area (TPSA) is 89.0 Å². The fourth-order valence-corrected chi connectivity index (χ4v) is 3.37. The smallest absolute Gasteiger partial charge is 0.259 e. The summed E-state index contributed by atoms with van der Waals surface area (Å²) in [4.78, 5) is 15.8. The lowest BCUT2D eigenvalue weighted by Crippen LogP contribution is -2.36. The summed E-state index contributed by atoms with van der Waals surface area (Å²) in [5.41, 5.74) is 0.968. The lowest BCUT2D eigenvalue weighted by atomic mass is 9.83. The molecule has 3 rings (SSSR count). The molecule has 0 radical (unpaired) electrons. The summed E-state index contributed by atoms with van der Waals surface area (Å²) in [6, 6.07) is 9.18. The molecule has 0 unspecified atom stereocenters. The van der Waals surface area contributed by atoms with E-state index in [1.165, 1.54) is 0 Å². The van der Waals surface area contributed by atoms with E-state index >= 15 is 0 Å². The molecule has 0 saturated heterocycles. The number of pyridine rings is 1. The van der Waals surface area contributed by atoms with Crippen LogP contribution in [0.4, 0.5) is 5.69 Å². The Kier molecular flexibility index (Phi) is 5.01. The van der Waals surface area contributed by atoms with Crippen molar-refractivity contribution in [2.45, 2.75) is 49.1 Å². The van der Waals surface area contributed by atoms with Crippen LogP contribution in [0, 0.1) is 5.41 Å². The van der Waals surface area contributed by atoms with Crippen molar-refractivity contribution in [2.24, 2.45) is 0 Å². The molecule has 0 bridgehead atoms. The number of thiol groups is 1. The Morgan fingerprint density at radius 2 is 1.92 bits per heavy atom. The molecule has 0 aliphatic heterocycles. The normalized spacial score (nSPS) is 23.2. The molecule has 1 saturated carbocycles. The summed E-state index contributed by atoms with van der Waals surface area (Å²) in [6.45, 7) is 1.86. The second-order valence-electron chi connectivity index (χ2n) is 6.93. The minimum absolute atomic E-state index is 0.181. The van der Waals surface area contributed by atoms with Gasteiger partial charge in [-0.25, -0.2) is 0 Å². The van der Waals surface area contributed by atoms with Crippen molar-refractivity contribution in [1.29, 1.82) is 5.41 Å². The molecule has 5 nitrogen and oxygen atoms in total. The van der Waals surface area contributed by atoms with Crippen LogP contribution in [-0.2, 0) is 0 Å². The highest BCUT2D eigenvalue weighted by molar-refractivity contribution is 7.80. The van der Waals surface area contributed by atoms with E-state index in [4.69, 9.17) is 5.41 Å². The van der Waals surface area contributed by atoms with Crippen molar-refractivity contribution in [2.75, 3.05) is 5.32 Å². The number of anilines is 1. The van der Waals surface area contributed by atoms with Gasteiger partial charge in [-0.3, -0.25) is 10.2 Å². The molecule has 25 heavy (non-hydrogen) atoms. The number of aromatic amines is 1. The monoisotopic (exact) mass is 357 g/mol. The molecular formula is C19H23N3O2S. The number of rotatable bonds is 4. The van der Waals surface area contributed by atoms with Crippen LogP contribution in [0.15, 0.2) is 46.2 Å². The zero-order valence-corrected chi connectivity index (χ0v) is 15.1. The maximum Gasteiger partial charge on any atom is 0.259 e. The number of hydrogen-bond donors (Lipinski definition) is 5. The Hall–Kier alpha value is -2.05. The van der Waals surface area contributed by atoms with Gasteiger partial charge in [-0.15, -0.1) is 12.6 Å². The van der Waals surface area contributed by atoms with Gasteiger partial charge in [0.1, 0.15) is 0 Å². The number of benzene rings is 1. The van der Waals surface area contributed by atoms with E-state index in [9.17, 15) is 9.90 Å². The quantitative estimate of drug-likeness (QED) is 0.430. The van der Waals surface area contributed by atoms with Crippen LogP contribution < -0.4 is 10.9 Å². The average molecular weight is 357 g/mol. The first-order chi connectivity index (χ1) is 11.9. The number of nitrogens with one attached hydrogen (secondary N) is 3. The molecule has 132 valence electrons. The van der Waals surface area contributed by atoms with Crippen LogP contribution in [0.1, 0.15) is 43.7 Å². The molecule has 4 N–H and O–H groups in total. The standard InChI is InChI=1S/C19H23N3O2S/c1-19(24)9-6-13(7-10-19)22-15-8-11-21-18(23)16(15)17(20)12-2-4-14(25)5-3-12/h2-5,8,11,13,20,24-25H,6-7,9-10H2,1H3,(H2,21,22,23). The summed E-state index contributed by atoms with van der Waals surface area (Å²) in [6.07, 6.45) is 4.72. The van der Waals surface area contributed by atoms with Crippen molar-refractivity contribution in [3.63, 3.8) is 0 Å². The van der Waals surface area contributed by atoms with E-state index in [1.54, 1.807) is 36.5 Å². The van der Waals surface area contributed by atoms with E-state index in [0.717, 1.165) is 30.6 Å². The Morgan fingerprint density at radius 1 is 1.28 bits per heavy atom. The minimum Gasteiger partial charge on any atom is -0.390 e. The van der Waals surface area contributed by atoms with Gasteiger partial charge in [0.05, 0.1) is 22.6 Å². The average Bonchev–Trinajstić information content (AvgIpc) is 2.57. The lowest BCUT2D eigenvalue weighted by molar-refractivity contribution is 0.0196. The lowest BCUT2D eigenvalue weighted by Gasteiger charge is -2.34. The van der Waals surface area contributed by atoms with Crippen LogP contribution in [0.2, 0.25) is 0 Å². The van der Waals surface area contributed by atoms with Gasteiger partial charge in [0.25, 0.3) is 5.56 Å². The van der Waals surface area contributed by atoms with Gasteiger partial charge < -0.3 is 15.4 Å². The first-order valence-corrected chi connectivity index (χ1v) is 8.89. The van der Waals surface area contributed by atoms with Crippen LogP contribution in [-0.4, -0.2) is 27.4 Å². The summed E-state index contributed by atoms with van der Waals surface area (Å²) < 4.78 is 0. The van der Waals surface area contributed by atoms with Crippen molar-refractivity contribution in [3.05, 3.63) is 58.0 Å². The molecule has 1 aromatic heterocycles. The molecule has 0 atom stereocenters. The van der Waals surface area contributed by atoms with E-state index in [2.05, 4.69) is 22.9 Å². The highest BCUT2D eigenvalue weighted by Crippen LogP contribution is 2.30. The number of hydrogen-bond acceptors (Lipinski definition) is 5. The summed E-state index contributed by atoms with van der Waals surface area (Å²) in [5.74, 6) is 0. The summed E-state index contributed by atoms with van der Waals surface area (Å²) in [7, 11) is 0. The fraction of sp³-hybridized carbons (Fsp3) is 0.368. The van der Waals surface area contributed by atoms with E-state index in [-0.39, 0.29) is 17.3 Å². The van der Waals surface area contributed by atoms with Crippen molar-refractivity contribution >= 4 is 24.0 Å². The zero-order chi connectivity index (χ0) is 18.0. The molecular weight excluding hydrogens is 334 g/mol. The predicted molar refractivity (Wildman–Crippen MR) is 103 cm³/mol. The molecule has 1 aliphatic rings. The van der Waals surface area contributed by atoms with Gasteiger partial charge in [0, 0.05) is 22.7 Å². The van der Waals surface area contributed by atoms with Crippen LogP contribution in [0.25, 0.3) is 0 Å². The molecule has 0 amide bonds. The highest BCUT2D eigenvalue weighted by atomic mass is 32.1. The minimum atomic E-state index is -0.601. The number of H-pyrrole nitrogens is 1. The predicted octanol–water partition coefficient (Wildman–Crippen LogP) is 3.19. The molecule has 1 heterocycles. The Labute approximate surface area is 152 Å². The third-order valence-electron chi connectivity index (χ3n) is 4.79. The second kappa shape index (κ2) is 7.06. The molecule has 0 spiro atoms. The zero-order valence-electron chi connectivity index (χ0n) is 14.2. The van der Waals surface area contributed by atoms with Gasteiger partial charge >= 0.3 is 0 Å². The highest BCUT2D eigenvalue weighted by Gasteiger charge is 2.29. The van der Waals surface area contributed by atoms with Crippen LogP contribution in [0.3, 0.4) is 0 Å². The van der Waals surface area contributed by atoms with E-state index < -0.39 is 5.60 Å². The van der Waals surface area contributed by atoms with Crippen LogP contribution >= 0.6 is 12.6 Å². The van der Waals surface area contributed by atoms with Crippen LogP contribution in [0.5, 0.6) is 0 Å². The number of aromatic nitrogens is 1. The third-order valence-corrected chi connectivity index (χ3v) is 5.09. The van der Waals surface area contributed by atoms with Gasteiger partial charge in [-0.05, 0) is 50.8 Å². The van der Waals surface area contributed by atoms with Gasteiger partial charge in [-0.1, -0.05) is 12.1 Å². The molecule has 1 aromatic carbocycles. The largest absolute Gasteiger partial charge is 0.390 e. The molecule has 1 fully saturated rings. The second-order valence-corrected chi connectivity index (χ2v) is 7.45. The first kappa shape index (κ1) is 17.8. The molecule has 1 aliphatic carbocycles. The fourth-order valence-electron chi connectivity index (χ4n) is 3.22. The first-order valence-electron chi connectivity index (χ1n) is 8.45. The van der Waals surface area contributed by atoms with Gasteiger partial charge in [0.15, 0.2) is 0 Å². The maximum absolute atomic E-state index is 12.4. The third kappa shape index (κ3) is 4.14. The molecule has 2 aromatic rings. The SMILES string of the molecule is CC1(O)CCC(Nc2cc[nH]c(=O)c2C(=N)c2ccc(S)cc2)CC1. The van der Waals surface area contributed by atoms with Gasteiger partial charge in [0.2, 0.25) is 0 Å². The van der Waals surface area contributed by atoms with E-state index in [1.807, 2.05) is 6.92 Å². The molecule has 6 heteroatoms. The Morgan fingerprint density at radius 3 is 2.56 bits per heavy atom. The maximum atomic E-state index is 12.4. The van der Waals surface area contributed by atoms with Crippen molar-refractivity contribution < 1.29 is 5.11 Å². The summed E-state index contributed by atoms with van der Waals surface area (Å²) in [5, 5.41) is 22.0. The summed E-state index contributed by atoms with van der Waals surface area (Å²) >= 11 is 4.26.